The van der Waals surface area contributed by atoms with E-state index in [0.717, 1.165) is 23.7 Å². The first-order chi connectivity index (χ1) is 12.5. The normalized spacial score (nSPS) is 12.4. The second-order valence-corrected chi connectivity index (χ2v) is 6.19. The number of rotatable bonds is 8. The van der Waals surface area contributed by atoms with E-state index < -0.39 is 6.10 Å². The first-order valence-corrected chi connectivity index (χ1v) is 8.79. The van der Waals surface area contributed by atoms with E-state index in [-0.39, 0.29) is 30.1 Å². The summed E-state index contributed by atoms with van der Waals surface area (Å²) >= 11 is 0. The van der Waals surface area contributed by atoms with Crippen molar-refractivity contribution in [1.82, 2.24) is 25.4 Å². The summed E-state index contributed by atoms with van der Waals surface area (Å²) in [6, 6.07) is 7.50. The summed E-state index contributed by atoms with van der Waals surface area (Å²) in [5, 5.41) is 24.6. The largest absolute Gasteiger partial charge is 0.491 e. The average molecular weight is 488 g/mol. The SMILES string of the molecule is CCNC(=NCc1nncn1C)NCC(O)c1cccc(OC(C)C)c1.I. The Balaban J connectivity index is 0.00000364. The van der Waals surface area contributed by atoms with E-state index in [9.17, 15) is 5.11 Å². The van der Waals surface area contributed by atoms with Gasteiger partial charge in [0.2, 0.25) is 0 Å². The molecule has 2 aromatic rings. The number of aliphatic imine (C=N–C) groups is 1. The number of aliphatic hydroxyl groups excluding tert-OH is 1. The van der Waals surface area contributed by atoms with Crippen LogP contribution in [0.5, 0.6) is 5.75 Å². The molecule has 2 rings (SSSR count). The molecule has 1 aromatic carbocycles. The Morgan fingerprint density at radius 1 is 1.33 bits per heavy atom. The Hall–Kier alpha value is -1.88. The van der Waals surface area contributed by atoms with Gasteiger partial charge in [-0.05, 0) is 38.5 Å². The molecular formula is C18H29IN6O2. The van der Waals surface area contributed by atoms with Crippen LogP contribution in [0, 0.1) is 0 Å². The molecule has 0 saturated carbocycles. The number of aliphatic hydroxyl groups is 1. The topological polar surface area (TPSA) is 96.6 Å². The fourth-order valence-electron chi connectivity index (χ4n) is 2.32. The zero-order chi connectivity index (χ0) is 18.9. The van der Waals surface area contributed by atoms with E-state index in [1.165, 1.54) is 0 Å². The molecule has 8 nitrogen and oxygen atoms in total. The first-order valence-electron chi connectivity index (χ1n) is 8.79. The number of hydrogen-bond acceptors (Lipinski definition) is 5. The minimum absolute atomic E-state index is 0. The van der Waals surface area contributed by atoms with Crippen molar-refractivity contribution < 1.29 is 9.84 Å². The lowest BCUT2D eigenvalue weighted by Gasteiger charge is -2.17. The number of aromatic nitrogens is 3. The molecule has 0 bridgehead atoms. The number of halogens is 1. The third-order valence-corrected chi connectivity index (χ3v) is 3.61. The van der Waals surface area contributed by atoms with Gasteiger partial charge in [-0.1, -0.05) is 12.1 Å². The molecule has 150 valence electrons. The van der Waals surface area contributed by atoms with Gasteiger partial charge in [-0.3, -0.25) is 0 Å². The molecule has 0 fully saturated rings. The van der Waals surface area contributed by atoms with E-state index in [4.69, 9.17) is 4.74 Å². The lowest BCUT2D eigenvalue weighted by molar-refractivity contribution is 0.179. The summed E-state index contributed by atoms with van der Waals surface area (Å²) in [6.45, 7) is 7.39. The highest BCUT2D eigenvalue weighted by atomic mass is 127. The van der Waals surface area contributed by atoms with E-state index in [0.29, 0.717) is 19.0 Å². The fourth-order valence-corrected chi connectivity index (χ4v) is 2.32. The molecule has 3 N–H and O–H groups in total. The third kappa shape index (κ3) is 7.71. The summed E-state index contributed by atoms with van der Waals surface area (Å²) in [4.78, 5) is 4.47. The minimum atomic E-state index is -0.676. The van der Waals surface area contributed by atoms with Gasteiger partial charge in [-0.25, -0.2) is 4.99 Å². The summed E-state index contributed by atoms with van der Waals surface area (Å²) in [7, 11) is 1.88. The van der Waals surface area contributed by atoms with Gasteiger partial charge in [0.15, 0.2) is 11.8 Å². The third-order valence-electron chi connectivity index (χ3n) is 3.61. The zero-order valence-corrected chi connectivity index (χ0v) is 18.5. The van der Waals surface area contributed by atoms with Crippen molar-refractivity contribution in [3.8, 4) is 5.75 Å². The predicted molar refractivity (Wildman–Crippen MR) is 116 cm³/mol. The van der Waals surface area contributed by atoms with Gasteiger partial charge in [0.25, 0.3) is 0 Å². The molecule has 0 aliphatic rings. The minimum Gasteiger partial charge on any atom is -0.491 e. The van der Waals surface area contributed by atoms with Crippen molar-refractivity contribution in [3.05, 3.63) is 42.0 Å². The number of ether oxygens (including phenoxy) is 1. The average Bonchev–Trinajstić information content (AvgIpc) is 3.01. The first kappa shape index (κ1) is 23.2. The van der Waals surface area contributed by atoms with Crippen molar-refractivity contribution in [2.45, 2.75) is 39.5 Å². The molecule has 0 aliphatic carbocycles. The Morgan fingerprint density at radius 2 is 2.11 bits per heavy atom. The molecule has 1 atom stereocenters. The molecule has 1 heterocycles. The van der Waals surface area contributed by atoms with Crippen LogP contribution in [0.3, 0.4) is 0 Å². The van der Waals surface area contributed by atoms with Crippen LogP contribution in [-0.4, -0.2) is 45.0 Å². The molecule has 0 amide bonds. The fraction of sp³-hybridized carbons (Fsp3) is 0.500. The van der Waals surface area contributed by atoms with E-state index in [1.807, 2.05) is 56.7 Å². The number of aryl methyl sites for hydroxylation is 1. The number of nitrogens with zero attached hydrogens (tertiary/aromatic N) is 4. The van der Waals surface area contributed by atoms with Crippen molar-refractivity contribution in [2.24, 2.45) is 12.0 Å². The van der Waals surface area contributed by atoms with Crippen LogP contribution in [0.25, 0.3) is 0 Å². The van der Waals surface area contributed by atoms with Crippen molar-refractivity contribution >= 4 is 29.9 Å². The molecule has 0 radical (unpaired) electrons. The van der Waals surface area contributed by atoms with Crippen LogP contribution in [0.1, 0.15) is 38.3 Å². The van der Waals surface area contributed by atoms with Crippen molar-refractivity contribution in [1.29, 1.82) is 0 Å². The Labute approximate surface area is 177 Å². The van der Waals surface area contributed by atoms with E-state index in [1.54, 1.807) is 6.33 Å². The Morgan fingerprint density at radius 3 is 2.74 bits per heavy atom. The van der Waals surface area contributed by atoms with Crippen LogP contribution in [0.4, 0.5) is 0 Å². The van der Waals surface area contributed by atoms with Crippen LogP contribution in [-0.2, 0) is 13.6 Å². The maximum Gasteiger partial charge on any atom is 0.191 e. The van der Waals surface area contributed by atoms with Gasteiger partial charge in [-0.15, -0.1) is 34.2 Å². The molecule has 9 heteroatoms. The maximum atomic E-state index is 10.5. The van der Waals surface area contributed by atoms with Gasteiger partial charge in [0.1, 0.15) is 18.6 Å². The molecule has 0 saturated heterocycles. The lowest BCUT2D eigenvalue weighted by Crippen LogP contribution is -2.39. The van der Waals surface area contributed by atoms with Gasteiger partial charge in [0, 0.05) is 20.1 Å². The van der Waals surface area contributed by atoms with Gasteiger partial charge >= 0.3 is 0 Å². The number of nitrogens with one attached hydrogen (secondary N) is 2. The van der Waals surface area contributed by atoms with Crippen molar-refractivity contribution in [2.75, 3.05) is 13.1 Å². The van der Waals surface area contributed by atoms with Gasteiger partial charge in [0.05, 0.1) is 12.2 Å². The summed E-state index contributed by atoms with van der Waals surface area (Å²) in [5.41, 5.74) is 0.791. The molecule has 27 heavy (non-hydrogen) atoms. The smallest absolute Gasteiger partial charge is 0.191 e. The van der Waals surface area contributed by atoms with Crippen LogP contribution >= 0.6 is 24.0 Å². The number of benzene rings is 1. The van der Waals surface area contributed by atoms with Gasteiger partial charge < -0.3 is 25.0 Å². The predicted octanol–water partition coefficient (Wildman–Crippen LogP) is 2.01. The molecule has 0 spiro atoms. The standard InChI is InChI=1S/C18H28N6O2.HI/c1-5-19-18(21-11-17-23-22-12-24(17)4)20-10-16(25)14-7-6-8-15(9-14)26-13(2)3;/h6-9,12-13,16,25H,5,10-11H2,1-4H3,(H2,19,20,21);1H. The van der Waals surface area contributed by atoms with Crippen LogP contribution < -0.4 is 15.4 Å². The van der Waals surface area contributed by atoms with Crippen LogP contribution in [0.15, 0.2) is 35.6 Å². The van der Waals surface area contributed by atoms with E-state index >= 15 is 0 Å². The van der Waals surface area contributed by atoms with Crippen LogP contribution in [0.2, 0.25) is 0 Å². The number of hydrogen-bond donors (Lipinski definition) is 3. The highest BCUT2D eigenvalue weighted by Crippen LogP contribution is 2.19. The summed E-state index contributed by atoms with van der Waals surface area (Å²) < 4.78 is 7.50. The summed E-state index contributed by atoms with van der Waals surface area (Å²) in [6.07, 6.45) is 1.05. The Bertz CT molecular complexity index is 719. The van der Waals surface area contributed by atoms with E-state index in [2.05, 4.69) is 25.8 Å². The van der Waals surface area contributed by atoms with Crippen molar-refractivity contribution in [3.63, 3.8) is 0 Å². The number of guanidine groups is 1. The molecule has 1 unspecified atom stereocenters. The lowest BCUT2D eigenvalue weighted by atomic mass is 10.1. The second-order valence-electron chi connectivity index (χ2n) is 6.19. The monoisotopic (exact) mass is 488 g/mol. The zero-order valence-electron chi connectivity index (χ0n) is 16.2. The quantitative estimate of drug-likeness (QED) is 0.299. The maximum absolute atomic E-state index is 10.5. The molecular weight excluding hydrogens is 459 g/mol. The van der Waals surface area contributed by atoms with Gasteiger partial charge in [-0.2, -0.15) is 0 Å². The molecule has 0 aliphatic heterocycles. The molecule has 1 aromatic heterocycles. The highest BCUT2D eigenvalue weighted by Gasteiger charge is 2.10. The highest BCUT2D eigenvalue weighted by molar-refractivity contribution is 14.0. The Kier molecular flexibility index (Phi) is 10.1. The second kappa shape index (κ2) is 11.8. The summed E-state index contributed by atoms with van der Waals surface area (Å²) in [5.74, 6) is 2.13.